The van der Waals surface area contributed by atoms with Gasteiger partial charge in [0.05, 0.1) is 0 Å². The Labute approximate surface area is 87.9 Å². The van der Waals surface area contributed by atoms with Gasteiger partial charge in [0.15, 0.2) is 0 Å². The number of rotatable bonds is 1. The summed E-state index contributed by atoms with van der Waals surface area (Å²) < 4.78 is 0.435. The largest absolute Gasteiger partial charge is 0.152 e. The Bertz CT molecular complexity index is 147. The van der Waals surface area contributed by atoms with Gasteiger partial charge in [-0.2, -0.15) is 11.8 Å². The molecule has 13 heavy (non-hydrogen) atoms. The van der Waals surface area contributed by atoms with E-state index >= 15 is 0 Å². The Hall–Kier alpha value is 0.350. The SMILES string of the molecule is CC1CCCC(C)C1SC(C)(C)C. The summed E-state index contributed by atoms with van der Waals surface area (Å²) in [5, 5.41) is 0.897. The lowest BCUT2D eigenvalue weighted by molar-refractivity contribution is 0.312. The molecule has 1 aliphatic carbocycles. The topological polar surface area (TPSA) is 0 Å². The second kappa shape index (κ2) is 4.25. The molecule has 0 aromatic rings. The third kappa shape index (κ3) is 3.53. The maximum Gasteiger partial charge on any atom is 0.0104 e. The summed E-state index contributed by atoms with van der Waals surface area (Å²) in [6.45, 7) is 11.9. The summed E-state index contributed by atoms with van der Waals surface area (Å²) in [4.78, 5) is 0. The molecule has 0 nitrogen and oxygen atoms in total. The Morgan fingerprint density at radius 3 is 1.85 bits per heavy atom. The molecule has 78 valence electrons. The Morgan fingerprint density at radius 1 is 1.00 bits per heavy atom. The minimum atomic E-state index is 0.435. The summed E-state index contributed by atoms with van der Waals surface area (Å²) in [5.74, 6) is 1.85. The number of hydrogen-bond donors (Lipinski definition) is 0. The highest BCUT2D eigenvalue weighted by atomic mass is 32.2. The molecule has 0 aromatic carbocycles. The molecular formula is C12H24S. The molecule has 1 saturated carbocycles. The Morgan fingerprint density at radius 2 is 1.46 bits per heavy atom. The van der Waals surface area contributed by atoms with Crippen molar-refractivity contribution >= 4 is 11.8 Å². The van der Waals surface area contributed by atoms with Crippen molar-refractivity contribution < 1.29 is 0 Å². The highest BCUT2D eigenvalue weighted by Gasteiger charge is 2.31. The molecule has 0 radical (unpaired) electrons. The minimum Gasteiger partial charge on any atom is -0.152 e. The monoisotopic (exact) mass is 200 g/mol. The molecular weight excluding hydrogens is 176 g/mol. The van der Waals surface area contributed by atoms with Gasteiger partial charge in [-0.05, 0) is 24.7 Å². The highest BCUT2D eigenvalue weighted by Crippen LogP contribution is 2.42. The van der Waals surface area contributed by atoms with Crippen molar-refractivity contribution in [3.8, 4) is 0 Å². The van der Waals surface area contributed by atoms with E-state index in [1.54, 1.807) is 0 Å². The first kappa shape index (κ1) is 11.4. The molecule has 0 aromatic heterocycles. The Kier molecular flexibility index (Phi) is 3.73. The summed E-state index contributed by atoms with van der Waals surface area (Å²) in [6.07, 6.45) is 4.33. The predicted molar refractivity (Wildman–Crippen MR) is 63.3 cm³/mol. The molecule has 0 amide bonds. The van der Waals surface area contributed by atoms with Crippen LogP contribution >= 0.6 is 11.8 Å². The molecule has 1 rings (SSSR count). The molecule has 1 fully saturated rings. The van der Waals surface area contributed by atoms with E-state index in [0.29, 0.717) is 4.75 Å². The van der Waals surface area contributed by atoms with E-state index in [9.17, 15) is 0 Å². The first-order valence-electron chi connectivity index (χ1n) is 5.58. The maximum atomic E-state index is 2.43. The zero-order chi connectivity index (χ0) is 10.1. The van der Waals surface area contributed by atoms with Crippen molar-refractivity contribution in [2.75, 3.05) is 0 Å². The van der Waals surface area contributed by atoms with Gasteiger partial charge in [0, 0.05) is 10.00 Å². The van der Waals surface area contributed by atoms with Crippen LogP contribution in [0.15, 0.2) is 0 Å². The molecule has 0 aliphatic heterocycles. The van der Waals surface area contributed by atoms with Gasteiger partial charge >= 0.3 is 0 Å². The van der Waals surface area contributed by atoms with Crippen LogP contribution in [0.5, 0.6) is 0 Å². The average molecular weight is 200 g/mol. The molecule has 2 unspecified atom stereocenters. The molecule has 0 saturated heterocycles. The van der Waals surface area contributed by atoms with Gasteiger partial charge in [-0.3, -0.25) is 0 Å². The maximum absolute atomic E-state index is 2.43. The fraction of sp³-hybridized carbons (Fsp3) is 1.00. The third-order valence-electron chi connectivity index (χ3n) is 2.93. The van der Waals surface area contributed by atoms with Crippen LogP contribution in [0.25, 0.3) is 0 Å². The van der Waals surface area contributed by atoms with Gasteiger partial charge in [0.1, 0.15) is 0 Å². The quantitative estimate of drug-likeness (QED) is 0.606. The van der Waals surface area contributed by atoms with Crippen LogP contribution in [-0.2, 0) is 0 Å². The molecule has 1 aliphatic rings. The first-order chi connectivity index (χ1) is 5.90. The van der Waals surface area contributed by atoms with Gasteiger partial charge in [0.25, 0.3) is 0 Å². The summed E-state index contributed by atoms with van der Waals surface area (Å²) in [6, 6.07) is 0. The van der Waals surface area contributed by atoms with E-state index in [0.717, 1.165) is 17.1 Å². The normalized spacial score (nSPS) is 36.2. The Balaban J connectivity index is 2.54. The van der Waals surface area contributed by atoms with E-state index in [4.69, 9.17) is 0 Å². The fourth-order valence-electron chi connectivity index (χ4n) is 2.29. The van der Waals surface area contributed by atoms with Crippen LogP contribution in [0.2, 0.25) is 0 Å². The van der Waals surface area contributed by atoms with Crippen molar-refractivity contribution in [1.82, 2.24) is 0 Å². The van der Waals surface area contributed by atoms with Crippen LogP contribution in [0.3, 0.4) is 0 Å². The smallest absolute Gasteiger partial charge is 0.0104 e. The van der Waals surface area contributed by atoms with Crippen LogP contribution in [0, 0.1) is 11.8 Å². The van der Waals surface area contributed by atoms with Gasteiger partial charge < -0.3 is 0 Å². The summed E-state index contributed by atoms with van der Waals surface area (Å²) in [7, 11) is 0. The molecule has 0 spiro atoms. The molecule has 1 heteroatoms. The van der Waals surface area contributed by atoms with Crippen molar-refractivity contribution in [1.29, 1.82) is 0 Å². The van der Waals surface area contributed by atoms with E-state index in [-0.39, 0.29) is 0 Å². The molecule has 0 N–H and O–H groups in total. The molecule has 2 atom stereocenters. The minimum absolute atomic E-state index is 0.435. The third-order valence-corrected chi connectivity index (χ3v) is 4.84. The van der Waals surface area contributed by atoms with E-state index in [2.05, 4.69) is 46.4 Å². The zero-order valence-corrected chi connectivity index (χ0v) is 10.6. The standard InChI is InChI=1S/C12H24S/c1-9-7-6-8-10(2)11(9)13-12(3,4)5/h9-11H,6-8H2,1-5H3. The van der Waals surface area contributed by atoms with E-state index < -0.39 is 0 Å². The van der Waals surface area contributed by atoms with Gasteiger partial charge in [-0.15, -0.1) is 0 Å². The number of thioether (sulfide) groups is 1. The van der Waals surface area contributed by atoms with Crippen LogP contribution in [0.1, 0.15) is 53.9 Å². The highest BCUT2D eigenvalue weighted by molar-refractivity contribution is 8.01. The lowest BCUT2D eigenvalue weighted by Crippen LogP contribution is -2.31. The lowest BCUT2D eigenvalue weighted by atomic mass is 9.83. The zero-order valence-electron chi connectivity index (χ0n) is 9.76. The fourth-order valence-corrected chi connectivity index (χ4v) is 3.85. The predicted octanol–water partition coefficient (Wildman–Crippen LogP) is 4.34. The van der Waals surface area contributed by atoms with Crippen molar-refractivity contribution in [3.05, 3.63) is 0 Å². The second-order valence-electron chi connectivity index (χ2n) is 5.58. The second-order valence-corrected chi connectivity index (χ2v) is 7.59. The van der Waals surface area contributed by atoms with E-state index in [1.165, 1.54) is 19.3 Å². The summed E-state index contributed by atoms with van der Waals surface area (Å²) in [5.41, 5.74) is 0. The number of hydrogen-bond acceptors (Lipinski definition) is 1. The van der Waals surface area contributed by atoms with Crippen molar-refractivity contribution in [2.45, 2.75) is 63.9 Å². The van der Waals surface area contributed by atoms with Crippen molar-refractivity contribution in [2.24, 2.45) is 11.8 Å². The van der Waals surface area contributed by atoms with E-state index in [1.807, 2.05) is 0 Å². The first-order valence-corrected chi connectivity index (χ1v) is 6.46. The van der Waals surface area contributed by atoms with Gasteiger partial charge in [0.2, 0.25) is 0 Å². The molecule has 0 heterocycles. The average Bonchev–Trinajstić information content (AvgIpc) is 1.95. The van der Waals surface area contributed by atoms with Crippen LogP contribution in [0.4, 0.5) is 0 Å². The van der Waals surface area contributed by atoms with Crippen LogP contribution in [-0.4, -0.2) is 10.00 Å². The summed E-state index contributed by atoms with van der Waals surface area (Å²) >= 11 is 2.19. The van der Waals surface area contributed by atoms with Crippen molar-refractivity contribution in [3.63, 3.8) is 0 Å². The van der Waals surface area contributed by atoms with Gasteiger partial charge in [-0.25, -0.2) is 0 Å². The van der Waals surface area contributed by atoms with Gasteiger partial charge in [-0.1, -0.05) is 41.0 Å². The van der Waals surface area contributed by atoms with Crippen LogP contribution < -0.4 is 0 Å². The lowest BCUT2D eigenvalue weighted by Gasteiger charge is -2.38. The molecule has 0 bridgehead atoms.